The molecule has 0 bridgehead atoms. The Morgan fingerprint density at radius 3 is 2.42 bits per heavy atom. The van der Waals surface area contributed by atoms with Crippen molar-refractivity contribution in [2.75, 3.05) is 0 Å². The first-order valence-corrected chi connectivity index (χ1v) is 5.72. The van der Waals surface area contributed by atoms with Crippen molar-refractivity contribution >= 4 is 5.91 Å². The highest BCUT2D eigenvalue weighted by Crippen LogP contribution is 2.27. The molecule has 2 N–H and O–H groups in total. The van der Waals surface area contributed by atoms with Gasteiger partial charge in [-0.2, -0.15) is 0 Å². The molecule has 0 spiro atoms. The fourth-order valence-corrected chi connectivity index (χ4v) is 1.96. The zero-order chi connectivity index (χ0) is 13.7. The van der Waals surface area contributed by atoms with Crippen LogP contribution in [0.5, 0.6) is 0 Å². The minimum atomic E-state index is -0.478. The molecule has 19 heavy (non-hydrogen) atoms. The second kappa shape index (κ2) is 5.71. The van der Waals surface area contributed by atoms with Crippen LogP contribution in [0.3, 0.4) is 0 Å². The van der Waals surface area contributed by atoms with Gasteiger partial charge in [0.05, 0.1) is 6.54 Å². The van der Waals surface area contributed by atoms with E-state index in [0.29, 0.717) is 5.56 Å². The molecule has 0 fully saturated rings. The lowest BCUT2D eigenvalue weighted by atomic mass is 9.95. The van der Waals surface area contributed by atoms with Crippen LogP contribution in [0.4, 0.5) is 0 Å². The first kappa shape index (κ1) is 12.7. The van der Waals surface area contributed by atoms with Crippen LogP contribution in [0.2, 0.25) is 0 Å². The summed E-state index contributed by atoms with van der Waals surface area (Å²) in [5.74, 6) is -0.478. The van der Waals surface area contributed by atoms with Crippen LogP contribution in [0, 0.1) is 0 Å². The van der Waals surface area contributed by atoms with E-state index in [1.54, 1.807) is 12.1 Å². The number of benzene rings is 2. The number of carbonyl (C=O) groups is 1. The van der Waals surface area contributed by atoms with Gasteiger partial charge in [0, 0.05) is 10.5 Å². The number of carbonyl (C=O) groups excluding carboxylic acids is 1. The fraction of sp³-hybridized carbons (Fsp3) is 0.0714. The van der Waals surface area contributed by atoms with Crippen molar-refractivity contribution in [3.63, 3.8) is 0 Å². The maximum Gasteiger partial charge on any atom is 0.249 e. The number of hydrogen-bond donors (Lipinski definition) is 1. The molecule has 0 saturated carbocycles. The SMILES string of the molecule is [N-]=[N+]=NCc1ccccc1-c1ccccc1C(N)=O. The molecule has 0 radical (unpaired) electrons. The van der Waals surface area contributed by atoms with Crippen LogP contribution in [0.15, 0.2) is 53.6 Å². The van der Waals surface area contributed by atoms with Gasteiger partial charge in [-0.15, -0.1) is 0 Å². The molecule has 5 nitrogen and oxygen atoms in total. The molecular formula is C14H12N4O. The zero-order valence-corrected chi connectivity index (χ0v) is 10.2. The third-order valence-electron chi connectivity index (χ3n) is 2.80. The Morgan fingerprint density at radius 1 is 1.11 bits per heavy atom. The molecule has 0 atom stereocenters. The van der Waals surface area contributed by atoms with Gasteiger partial charge in [0.25, 0.3) is 0 Å². The number of rotatable bonds is 4. The Kier molecular flexibility index (Phi) is 3.81. The van der Waals surface area contributed by atoms with E-state index in [-0.39, 0.29) is 6.54 Å². The third kappa shape index (κ3) is 2.73. The summed E-state index contributed by atoms with van der Waals surface area (Å²) in [5, 5.41) is 3.57. The standard InChI is InChI=1S/C14H12N4O/c15-14(19)13-8-4-3-7-12(13)11-6-2-1-5-10(11)9-17-18-16/h1-8H,9H2,(H2,15,19). The Morgan fingerprint density at radius 2 is 1.74 bits per heavy atom. The minimum Gasteiger partial charge on any atom is -0.366 e. The first-order chi connectivity index (χ1) is 9.24. The van der Waals surface area contributed by atoms with Gasteiger partial charge in [0.1, 0.15) is 0 Å². The van der Waals surface area contributed by atoms with E-state index in [2.05, 4.69) is 10.0 Å². The van der Waals surface area contributed by atoms with E-state index in [1.807, 2.05) is 36.4 Å². The van der Waals surface area contributed by atoms with Gasteiger partial charge in [0.15, 0.2) is 0 Å². The molecule has 94 valence electrons. The second-order valence-corrected chi connectivity index (χ2v) is 3.96. The summed E-state index contributed by atoms with van der Waals surface area (Å²) in [6, 6.07) is 14.6. The average Bonchev–Trinajstić information content (AvgIpc) is 2.45. The molecular weight excluding hydrogens is 240 g/mol. The van der Waals surface area contributed by atoms with Crippen LogP contribution in [0.25, 0.3) is 21.6 Å². The van der Waals surface area contributed by atoms with Gasteiger partial charge in [0.2, 0.25) is 5.91 Å². The molecule has 0 saturated heterocycles. The Balaban J connectivity index is 2.59. The van der Waals surface area contributed by atoms with Gasteiger partial charge in [-0.3, -0.25) is 4.79 Å². The molecule has 1 amide bonds. The van der Waals surface area contributed by atoms with Gasteiger partial charge in [-0.1, -0.05) is 47.6 Å². The molecule has 5 heteroatoms. The van der Waals surface area contributed by atoms with E-state index in [1.165, 1.54) is 0 Å². The topological polar surface area (TPSA) is 91.8 Å². The van der Waals surface area contributed by atoms with Crippen LogP contribution in [0.1, 0.15) is 15.9 Å². The molecule has 2 aromatic carbocycles. The highest BCUT2D eigenvalue weighted by molar-refractivity contribution is 6.00. The number of nitrogens with two attached hydrogens (primary N) is 1. The normalized spacial score (nSPS) is 9.68. The minimum absolute atomic E-state index is 0.236. The Hall–Kier alpha value is -2.78. The van der Waals surface area contributed by atoms with E-state index in [4.69, 9.17) is 11.3 Å². The number of primary amides is 1. The molecule has 0 aliphatic carbocycles. The predicted octanol–water partition coefficient (Wildman–Crippen LogP) is 3.26. The van der Waals surface area contributed by atoms with E-state index >= 15 is 0 Å². The first-order valence-electron chi connectivity index (χ1n) is 5.72. The van der Waals surface area contributed by atoms with Crippen molar-refractivity contribution in [3.8, 4) is 11.1 Å². The second-order valence-electron chi connectivity index (χ2n) is 3.96. The number of nitrogens with zero attached hydrogens (tertiary/aromatic N) is 3. The van der Waals surface area contributed by atoms with Gasteiger partial charge in [-0.25, -0.2) is 0 Å². The summed E-state index contributed by atoms with van der Waals surface area (Å²) >= 11 is 0. The van der Waals surface area contributed by atoms with Crippen molar-refractivity contribution < 1.29 is 4.79 Å². The van der Waals surface area contributed by atoms with Crippen LogP contribution in [-0.4, -0.2) is 5.91 Å². The monoisotopic (exact) mass is 252 g/mol. The fourth-order valence-electron chi connectivity index (χ4n) is 1.96. The highest BCUT2D eigenvalue weighted by Gasteiger charge is 2.11. The molecule has 0 aliphatic heterocycles. The van der Waals surface area contributed by atoms with Crippen molar-refractivity contribution in [1.82, 2.24) is 0 Å². The Bertz CT molecular complexity index is 660. The van der Waals surface area contributed by atoms with Crippen LogP contribution >= 0.6 is 0 Å². The maximum absolute atomic E-state index is 11.5. The summed E-state index contributed by atoms with van der Waals surface area (Å²) in [7, 11) is 0. The molecule has 0 unspecified atom stereocenters. The van der Waals surface area contributed by atoms with Gasteiger partial charge in [-0.05, 0) is 28.3 Å². The quantitative estimate of drug-likeness (QED) is 0.504. The van der Waals surface area contributed by atoms with Crippen molar-refractivity contribution in [3.05, 3.63) is 70.1 Å². The van der Waals surface area contributed by atoms with E-state index in [9.17, 15) is 4.79 Å². The lowest BCUT2D eigenvalue weighted by Gasteiger charge is -2.10. The highest BCUT2D eigenvalue weighted by atomic mass is 16.1. The lowest BCUT2D eigenvalue weighted by molar-refractivity contribution is 0.100. The zero-order valence-electron chi connectivity index (χ0n) is 10.2. The molecule has 0 aromatic heterocycles. The van der Waals surface area contributed by atoms with Crippen molar-refractivity contribution in [1.29, 1.82) is 0 Å². The molecule has 0 aliphatic rings. The molecule has 2 rings (SSSR count). The van der Waals surface area contributed by atoms with Crippen molar-refractivity contribution in [2.24, 2.45) is 10.8 Å². The lowest BCUT2D eigenvalue weighted by Crippen LogP contribution is -2.12. The smallest absolute Gasteiger partial charge is 0.249 e. The summed E-state index contributed by atoms with van der Waals surface area (Å²) in [5.41, 5.74) is 16.7. The van der Waals surface area contributed by atoms with Crippen LogP contribution in [-0.2, 0) is 6.54 Å². The molecule has 2 aromatic rings. The van der Waals surface area contributed by atoms with Gasteiger partial charge >= 0.3 is 0 Å². The summed E-state index contributed by atoms with van der Waals surface area (Å²) < 4.78 is 0. The van der Waals surface area contributed by atoms with Gasteiger partial charge < -0.3 is 5.73 Å². The largest absolute Gasteiger partial charge is 0.366 e. The number of amides is 1. The summed E-state index contributed by atoms with van der Waals surface area (Å²) in [6.45, 7) is 0.236. The number of azide groups is 1. The number of hydrogen-bond acceptors (Lipinski definition) is 2. The average molecular weight is 252 g/mol. The third-order valence-corrected chi connectivity index (χ3v) is 2.80. The molecule has 0 heterocycles. The summed E-state index contributed by atoms with van der Waals surface area (Å²) in [4.78, 5) is 14.2. The van der Waals surface area contributed by atoms with Crippen molar-refractivity contribution in [2.45, 2.75) is 6.54 Å². The van der Waals surface area contributed by atoms with E-state index < -0.39 is 5.91 Å². The maximum atomic E-state index is 11.5. The Labute approximate surface area is 110 Å². The summed E-state index contributed by atoms with van der Waals surface area (Å²) in [6.07, 6.45) is 0. The van der Waals surface area contributed by atoms with Crippen LogP contribution < -0.4 is 5.73 Å². The van der Waals surface area contributed by atoms with E-state index in [0.717, 1.165) is 16.7 Å². The predicted molar refractivity (Wildman–Crippen MR) is 73.2 cm³/mol.